The SMILES string of the molecule is C[N+](C)(CCCNS(=O)(=O)C(F)(F)C(F)(F)C(F)(F)C(F)(F)C(F)(F)C(F)(F)C(F)(F)F)CCC(=O)O. The first-order valence-corrected chi connectivity index (χ1v) is 10.7. The highest BCUT2D eigenvalue weighted by Gasteiger charge is 2.94. The number of aliphatic carboxylic acids is 1. The van der Waals surface area contributed by atoms with Gasteiger partial charge in [-0.2, -0.15) is 65.9 Å². The number of hydrogen-bond donors (Lipinski definition) is 2. The maximum Gasteiger partial charge on any atom is 0.460 e. The molecule has 0 fully saturated rings. The monoisotopic (exact) mass is 607 g/mol. The van der Waals surface area contributed by atoms with Crippen LogP contribution in [0.3, 0.4) is 0 Å². The van der Waals surface area contributed by atoms with Gasteiger partial charge in [-0.15, -0.1) is 0 Å². The Morgan fingerprint density at radius 2 is 1.08 bits per heavy atom. The molecule has 0 aromatic rings. The van der Waals surface area contributed by atoms with Gasteiger partial charge < -0.3 is 9.59 Å². The molecule has 6 nitrogen and oxygen atoms in total. The quantitative estimate of drug-likeness (QED) is 0.177. The van der Waals surface area contributed by atoms with Crippen molar-refractivity contribution in [3.63, 3.8) is 0 Å². The molecule has 22 heteroatoms. The molecule has 0 aliphatic carbocycles. The van der Waals surface area contributed by atoms with Gasteiger partial charge in [0.1, 0.15) is 0 Å². The summed E-state index contributed by atoms with van der Waals surface area (Å²) in [4.78, 5) is 10.5. The van der Waals surface area contributed by atoms with E-state index in [0.717, 1.165) is 0 Å². The standard InChI is InChI=1S/C15H17F15N2O4S/c1-32(2,7-4-8(33)34)6-3-5-31-37(35,36)15(29,30)13(24,25)11(20,21)9(16,17)10(18,19)12(22,23)14(26,27)28/h31H,3-7H2,1-2H3/p+1. The van der Waals surface area contributed by atoms with Gasteiger partial charge in [0.25, 0.3) is 10.0 Å². The van der Waals surface area contributed by atoms with E-state index < -0.39 is 76.4 Å². The van der Waals surface area contributed by atoms with Crippen LogP contribution in [-0.4, -0.2) is 98.7 Å². The highest BCUT2D eigenvalue weighted by Crippen LogP contribution is 2.62. The van der Waals surface area contributed by atoms with E-state index in [2.05, 4.69) is 0 Å². The number of halogens is 15. The Morgan fingerprint density at radius 1 is 0.703 bits per heavy atom. The normalized spacial score (nSPS) is 15.7. The van der Waals surface area contributed by atoms with Crippen LogP contribution in [0, 0.1) is 0 Å². The van der Waals surface area contributed by atoms with Crippen molar-refractivity contribution in [2.45, 2.75) is 53.9 Å². The third-order valence-electron chi connectivity index (χ3n) is 4.80. The average Bonchev–Trinajstić information content (AvgIpc) is 2.68. The molecule has 37 heavy (non-hydrogen) atoms. The van der Waals surface area contributed by atoms with Gasteiger partial charge in [-0.3, -0.25) is 4.79 Å². The Labute approximate surface area is 198 Å². The summed E-state index contributed by atoms with van der Waals surface area (Å²) in [5.74, 6) is -43.2. The minimum atomic E-state index is -8.59. The van der Waals surface area contributed by atoms with Crippen molar-refractivity contribution in [2.75, 3.05) is 33.7 Å². The van der Waals surface area contributed by atoms with Crippen molar-refractivity contribution in [3.05, 3.63) is 0 Å². The first-order valence-electron chi connectivity index (χ1n) is 9.24. The summed E-state index contributed by atoms with van der Waals surface area (Å²) in [6.07, 6.45) is -8.83. The minimum Gasteiger partial charge on any atom is -0.481 e. The molecule has 0 aliphatic rings. The van der Waals surface area contributed by atoms with Crippen LogP contribution in [0.1, 0.15) is 12.8 Å². The first-order chi connectivity index (χ1) is 15.9. The average molecular weight is 607 g/mol. The van der Waals surface area contributed by atoms with Crippen LogP contribution in [0.2, 0.25) is 0 Å². The van der Waals surface area contributed by atoms with E-state index in [9.17, 15) is 79.1 Å². The number of nitrogens with zero attached hydrogens (tertiary/aromatic N) is 1. The van der Waals surface area contributed by atoms with Crippen molar-refractivity contribution in [1.82, 2.24) is 4.72 Å². The molecule has 0 bridgehead atoms. The van der Waals surface area contributed by atoms with Gasteiger partial charge in [0.05, 0.1) is 33.6 Å². The van der Waals surface area contributed by atoms with Crippen molar-refractivity contribution < 1.29 is 88.7 Å². The second-order valence-electron chi connectivity index (χ2n) is 8.16. The van der Waals surface area contributed by atoms with Crippen LogP contribution in [0.5, 0.6) is 0 Å². The third-order valence-corrected chi connectivity index (χ3v) is 6.32. The van der Waals surface area contributed by atoms with Crippen molar-refractivity contribution in [3.8, 4) is 0 Å². The van der Waals surface area contributed by atoms with E-state index in [4.69, 9.17) is 5.11 Å². The zero-order chi connectivity index (χ0) is 30.3. The third kappa shape index (κ3) is 6.14. The van der Waals surface area contributed by atoms with E-state index in [1.54, 1.807) is 0 Å². The number of carbonyl (C=O) groups is 1. The molecule has 0 saturated heterocycles. The zero-order valence-electron chi connectivity index (χ0n) is 18.2. The first kappa shape index (κ1) is 35.3. The zero-order valence-corrected chi connectivity index (χ0v) is 19.0. The lowest BCUT2D eigenvalue weighted by Crippen LogP contribution is -2.73. The number of carboxylic acid groups (broad SMARTS) is 1. The number of rotatable bonds is 14. The Balaban J connectivity index is 6.05. The lowest BCUT2D eigenvalue weighted by molar-refractivity contribution is -0.889. The minimum absolute atomic E-state index is 0.144. The molecule has 0 saturated carbocycles. The fourth-order valence-electron chi connectivity index (χ4n) is 2.44. The molecule has 0 aromatic heterocycles. The second kappa shape index (κ2) is 10.1. The van der Waals surface area contributed by atoms with E-state index in [0.29, 0.717) is 4.72 Å². The summed E-state index contributed by atoms with van der Waals surface area (Å²) >= 11 is 0. The summed E-state index contributed by atoms with van der Waals surface area (Å²) in [5, 5.41) is 1.10. The second-order valence-corrected chi connectivity index (χ2v) is 9.97. The number of alkyl halides is 15. The predicted octanol–water partition coefficient (Wildman–Crippen LogP) is 4.18. The number of hydrogen-bond acceptors (Lipinski definition) is 3. The van der Waals surface area contributed by atoms with Crippen LogP contribution < -0.4 is 4.72 Å². The molecule has 0 aromatic carbocycles. The van der Waals surface area contributed by atoms with Gasteiger partial charge in [0.2, 0.25) is 0 Å². The fraction of sp³-hybridized carbons (Fsp3) is 0.933. The Bertz CT molecular complexity index is 932. The number of sulfonamides is 1. The molecule has 0 heterocycles. The van der Waals surface area contributed by atoms with Crippen LogP contribution in [-0.2, 0) is 14.8 Å². The summed E-state index contributed by atoms with van der Waals surface area (Å²) in [6.45, 7) is -1.76. The van der Waals surface area contributed by atoms with Gasteiger partial charge in [0.15, 0.2) is 0 Å². The van der Waals surface area contributed by atoms with Gasteiger partial charge in [0, 0.05) is 13.0 Å². The predicted molar refractivity (Wildman–Crippen MR) is 91.4 cm³/mol. The van der Waals surface area contributed by atoms with Crippen LogP contribution in [0.25, 0.3) is 0 Å². The molecular formula is C15H18F15N2O4S+. The van der Waals surface area contributed by atoms with E-state index in [1.165, 1.54) is 14.1 Å². The Kier molecular flexibility index (Phi) is 9.65. The smallest absolute Gasteiger partial charge is 0.460 e. The van der Waals surface area contributed by atoms with Crippen LogP contribution >= 0.6 is 0 Å². The summed E-state index contributed by atoms with van der Waals surface area (Å²) < 4.78 is 221. The van der Waals surface area contributed by atoms with Crippen LogP contribution in [0.4, 0.5) is 65.9 Å². The van der Waals surface area contributed by atoms with Crippen molar-refractivity contribution >= 4 is 16.0 Å². The number of quaternary nitrogens is 1. The van der Waals surface area contributed by atoms with Gasteiger partial charge in [-0.1, -0.05) is 0 Å². The van der Waals surface area contributed by atoms with Crippen molar-refractivity contribution in [1.29, 1.82) is 0 Å². The van der Waals surface area contributed by atoms with E-state index in [-0.39, 0.29) is 17.6 Å². The summed E-state index contributed by atoms with van der Waals surface area (Å²) in [5.41, 5.74) is 0. The summed E-state index contributed by atoms with van der Waals surface area (Å²) in [6, 6.07) is 0. The molecule has 0 radical (unpaired) electrons. The van der Waals surface area contributed by atoms with Crippen molar-refractivity contribution in [2.24, 2.45) is 0 Å². The van der Waals surface area contributed by atoms with Gasteiger partial charge in [-0.05, 0) is 0 Å². The largest absolute Gasteiger partial charge is 0.481 e. The van der Waals surface area contributed by atoms with E-state index >= 15 is 0 Å². The molecule has 222 valence electrons. The summed E-state index contributed by atoms with van der Waals surface area (Å²) in [7, 11) is -4.58. The topological polar surface area (TPSA) is 83.5 Å². The van der Waals surface area contributed by atoms with E-state index in [1.807, 2.05) is 0 Å². The molecule has 0 amide bonds. The lowest BCUT2D eigenvalue weighted by Gasteiger charge is -2.41. The molecular weight excluding hydrogens is 589 g/mol. The molecule has 2 N–H and O–H groups in total. The fourth-order valence-corrected chi connectivity index (χ4v) is 3.50. The molecule has 0 aliphatic heterocycles. The maximum absolute atomic E-state index is 13.9. The molecule has 0 unspecified atom stereocenters. The molecule has 0 spiro atoms. The highest BCUT2D eigenvalue weighted by molar-refractivity contribution is 7.90. The lowest BCUT2D eigenvalue weighted by atomic mass is 9.94. The number of carboxylic acids is 1. The Hall–Kier alpha value is -1.71. The molecule has 0 atom stereocenters. The highest BCUT2D eigenvalue weighted by atomic mass is 32.2. The Morgan fingerprint density at radius 3 is 1.46 bits per heavy atom. The van der Waals surface area contributed by atoms with Gasteiger partial charge >= 0.3 is 47.0 Å². The van der Waals surface area contributed by atoms with Crippen LogP contribution in [0.15, 0.2) is 0 Å². The number of nitrogens with one attached hydrogen (secondary N) is 1. The van der Waals surface area contributed by atoms with Gasteiger partial charge in [-0.25, -0.2) is 13.1 Å². The molecule has 0 rings (SSSR count). The maximum atomic E-state index is 13.9.